The molecule has 0 amide bonds. The second-order valence-corrected chi connectivity index (χ2v) is 6.22. The summed E-state index contributed by atoms with van der Waals surface area (Å²) in [6.45, 7) is 8.10. The van der Waals surface area contributed by atoms with Gasteiger partial charge in [0.2, 0.25) is 6.79 Å². The number of fused-ring (bicyclic) bond motifs is 1. The normalized spacial score (nSPS) is 22.9. The Kier molecular flexibility index (Phi) is 2.74. The van der Waals surface area contributed by atoms with Crippen molar-refractivity contribution in [3.05, 3.63) is 23.8 Å². The van der Waals surface area contributed by atoms with Crippen LogP contribution in [0.3, 0.4) is 0 Å². The average molecular weight is 248 g/mol. The molecule has 0 radical (unpaired) electrons. The number of epoxide rings is 1. The van der Waals surface area contributed by atoms with Crippen LogP contribution in [0.15, 0.2) is 18.2 Å². The molecule has 3 nitrogen and oxygen atoms in total. The summed E-state index contributed by atoms with van der Waals surface area (Å²) >= 11 is 0. The van der Waals surface area contributed by atoms with E-state index in [4.69, 9.17) is 14.2 Å². The van der Waals surface area contributed by atoms with Gasteiger partial charge in [-0.05, 0) is 35.4 Å². The summed E-state index contributed by atoms with van der Waals surface area (Å²) in [5.41, 5.74) is 1.54. The second kappa shape index (κ2) is 4.16. The van der Waals surface area contributed by atoms with E-state index in [2.05, 4.69) is 32.9 Å². The van der Waals surface area contributed by atoms with Crippen LogP contribution in [0.25, 0.3) is 0 Å². The van der Waals surface area contributed by atoms with Crippen LogP contribution in [0.5, 0.6) is 11.5 Å². The van der Waals surface area contributed by atoms with Crippen molar-refractivity contribution in [3.8, 4) is 11.5 Å². The van der Waals surface area contributed by atoms with Gasteiger partial charge in [-0.3, -0.25) is 0 Å². The SMILES string of the molecule is CC(C)(C)C(CC1CO1)c1ccc2c(c1)OCO2. The summed E-state index contributed by atoms with van der Waals surface area (Å²) in [5.74, 6) is 2.21. The van der Waals surface area contributed by atoms with Crippen molar-refractivity contribution in [3.63, 3.8) is 0 Å². The minimum absolute atomic E-state index is 0.222. The zero-order valence-electron chi connectivity index (χ0n) is 11.2. The van der Waals surface area contributed by atoms with Gasteiger partial charge in [0.25, 0.3) is 0 Å². The van der Waals surface area contributed by atoms with Crippen molar-refractivity contribution < 1.29 is 14.2 Å². The number of benzene rings is 1. The largest absolute Gasteiger partial charge is 0.454 e. The molecule has 0 saturated carbocycles. The number of ether oxygens (including phenoxy) is 3. The molecule has 0 spiro atoms. The zero-order valence-corrected chi connectivity index (χ0v) is 11.2. The molecule has 1 aromatic carbocycles. The van der Waals surface area contributed by atoms with Crippen LogP contribution in [0.2, 0.25) is 0 Å². The number of hydrogen-bond acceptors (Lipinski definition) is 3. The Labute approximate surface area is 108 Å². The molecule has 0 bridgehead atoms. The first-order valence-corrected chi connectivity index (χ1v) is 6.55. The highest BCUT2D eigenvalue weighted by Crippen LogP contribution is 2.44. The molecule has 98 valence electrons. The van der Waals surface area contributed by atoms with E-state index < -0.39 is 0 Å². The molecule has 0 aliphatic carbocycles. The van der Waals surface area contributed by atoms with Crippen molar-refractivity contribution in [1.29, 1.82) is 0 Å². The monoisotopic (exact) mass is 248 g/mol. The van der Waals surface area contributed by atoms with Crippen LogP contribution < -0.4 is 9.47 Å². The van der Waals surface area contributed by atoms with E-state index in [0.717, 1.165) is 24.5 Å². The molecule has 3 rings (SSSR count). The minimum Gasteiger partial charge on any atom is -0.454 e. The lowest BCUT2D eigenvalue weighted by Gasteiger charge is -2.31. The van der Waals surface area contributed by atoms with Gasteiger partial charge in [0, 0.05) is 0 Å². The molecule has 2 aliphatic heterocycles. The fraction of sp³-hybridized carbons (Fsp3) is 0.600. The molecule has 3 heteroatoms. The Hall–Kier alpha value is -1.22. The molecule has 2 atom stereocenters. The van der Waals surface area contributed by atoms with Gasteiger partial charge in [-0.25, -0.2) is 0 Å². The summed E-state index contributed by atoms with van der Waals surface area (Å²) in [5, 5.41) is 0. The molecule has 0 N–H and O–H groups in total. The summed E-state index contributed by atoms with van der Waals surface area (Å²) < 4.78 is 16.2. The van der Waals surface area contributed by atoms with E-state index in [1.165, 1.54) is 5.56 Å². The van der Waals surface area contributed by atoms with Gasteiger partial charge in [-0.1, -0.05) is 26.8 Å². The van der Waals surface area contributed by atoms with Crippen LogP contribution in [-0.4, -0.2) is 19.5 Å². The maximum Gasteiger partial charge on any atom is 0.231 e. The molecule has 1 saturated heterocycles. The third-order valence-corrected chi connectivity index (χ3v) is 3.75. The van der Waals surface area contributed by atoms with Gasteiger partial charge < -0.3 is 14.2 Å². The Morgan fingerprint density at radius 3 is 2.61 bits per heavy atom. The van der Waals surface area contributed by atoms with Crippen LogP contribution in [0.4, 0.5) is 0 Å². The van der Waals surface area contributed by atoms with Gasteiger partial charge in [0.1, 0.15) is 0 Å². The van der Waals surface area contributed by atoms with Crippen LogP contribution >= 0.6 is 0 Å². The maximum absolute atomic E-state index is 5.47. The summed E-state index contributed by atoms with van der Waals surface area (Å²) in [7, 11) is 0. The van der Waals surface area contributed by atoms with Crippen molar-refractivity contribution in [2.75, 3.05) is 13.4 Å². The number of rotatable bonds is 3. The first-order chi connectivity index (χ1) is 8.54. The molecule has 2 aliphatic rings. The van der Waals surface area contributed by atoms with E-state index >= 15 is 0 Å². The highest BCUT2D eigenvalue weighted by molar-refractivity contribution is 5.45. The molecular weight excluding hydrogens is 228 g/mol. The Balaban J connectivity index is 1.89. The third kappa shape index (κ3) is 2.32. The molecule has 2 unspecified atom stereocenters. The fourth-order valence-electron chi connectivity index (χ4n) is 2.59. The molecular formula is C15H20O3. The second-order valence-electron chi connectivity index (χ2n) is 6.22. The molecule has 0 aromatic heterocycles. The van der Waals surface area contributed by atoms with Crippen molar-refractivity contribution in [1.82, 2.24) is 0 Å². The Morgan fingerprint density at radius 2 is 1.94 bits per heavy atom. The summed E-state index contributed by atoms with van der Waals surface area (Å²) in [6.07, 6.45) is 1.53. The quantitative estimate of drug-likeness (QED) is 0.769. The van der Waals surface area contributed by atoms with Crippen molar-refractivity contribution >= 4 is 0 Å². The topological polar surface area (TPSA) is 31.0 Å². The van der Waals surface area contributed by atoms with E-state index in [1.54, 1.807) is 0 Å². The van der Waals surface area contributed by atoms with E-state index in [0.29, 0.717) is 18.8 Å². The predicted octanol–water partition coefficient (Wildman–Crippen LogP) is 3.33. The lowest BCUT2D eigenvalue weighted by atomic mass is 9.74. The van der Waals surface area contributed by atoms with E-state index in [9.17, 15) is 0 Å². The maximum atomic E-state index is 5.47. The molecule has 18 heavy (non-hydrogen) atoms. The Bertz CT molecular complexity index is 444. The first-order valence-electron chi connectivity index (χ1n) is 6.55. The van der Waals surface area contributed by atoms with Crippen LogP contribution in [-0.2, 0) is 4.74 Å². The minimum atomic E-state index is 0.222. The van der Waals surface area contributed by atoms with Crippen molar-refractivity contribution in [2.45, 2.75) is 39.2 Å². The van der Waals surface area contributed by atoms with Gasteiger partial charge in [0.05, 0.1) is 12.7 Å². The third-order valence-electron chi connectivity index (χ3n) is 3.75. The Morgan fingerprint density at radius 1 is 1.22 bits per heavy atom. The molecule has 1 fully saturated rings. The van der Waals surface area contributed by atoms with Gasteiger partial charge >= 0.3 is 0 Å². The summed E-state index contributed by atoms with van der Waals surface area (Å²) in [6, 6.07) is 6.30. The first kappa shape index (κ1) is 11.8. The van der Waals surface area contributed by atoms with Crippen molar-refractivity contribution in [2.24, 2.45) is 5.41 Å². The van der Waals surface area contributed by atoms with Gasteiger partial charge in [-0.2, -0.15) is 0 Å². The smallest absolute Gasteiger partial charge is 0.231 e. The van der Waals surface area contributed by atoms with Crippen LogP contribution in [0, 0.1) is 5.41 Å². The predicted molar refractivity (Wildman–Crippen MR) is 69.1 cm³/mol. The molecule has 2 heterocycles. The van der Waals surface area contributed by atoms with E-state index in [1.807, 2.05) is 6.07 Å². The molecule has 1 aromatic rings. The standard InChI is InChI=1S/C15H20O3/c1-15(2,3)12(7-11-8-16-11)10-4-5-13-14(6-10)18-9-17-13/h4-6,11-12H,7-9H2,1-3H3. The zero-order chi connectivity index (χ0) is 12.8. The highest BCUT2D eigenvalue weighted by atomic mass is 16.7. The van der Waals surface area contributed by atoms with E-state index in [-0.39, 0.29) is 5.41 Å². The fourth-order valence-corrected chi connectivity index (χ4v) is 2.59. The summed E-state index contributed by atoms with van der Waals surface area (Å²) in [4.78, 5) is 0. The van der Waals surface area contributed by atoms with Crippen LogP contribution in [0.1, 0.15) is 38.7 Å². The van der Waals surface area contributed by atoms with Gasteiger partial charge in [-0.15, -0.1) is 0 Å². The number of hydrogen-bond donors (Lipinski definition) is 0. The lowest BCUT2D eigenvalue weighted by Crippen LogP contribution is -2.20. The van der Waals surface area contributed by atoms with Gasteiger partial charge in [0.15, 0.2) is 11.5 Å². The average Bonchev–Trinajstić information content (AvgIpc) is 3.00. The lowest BCUT2D eigenvalue weighted by molar-refractivity contribution is 0.174. The highest BCUT2D eigenvalue weighted by Gasteiger charge is 2.34.